The lowest BCUT2D eigenvalue weighted by molar-refractivity contribution is 0.0352. The van der Waals surface area contributed by atoms with E-state index in [1.54, 1.807) is 18.2 Å². The Bertz CT molecular complexity index is 526. The van der Waals surface area contributed by atoms with Crippen LogP contribution in [0.4, 0.5) is 0 Å². The van der Waals surface area contributed by atoms with Crippen LogP contribution in [0.25, 0.3) is 0 Å². The maximum absolute atomic E-state index is 12.3. The monoisotopic (exact) mass is 306 g/mol. The summed E-state index contributed by atoms with van der Waals surface area (Å²) in [6.45, 7) is 10.5. The van der Waals surface area contributed by atoms with E-state index in [1.165, 1.54) is 0 Å². The second-order valence-corrected chi connectivity index (χ2v) is 6.68. The van der Waals surface area contributed by atoms with Gasteiger partial charge in [-0.3, -0.25) is 0 Å². The maximum Gasteiger partial charge on any atom is 0.339 e. The van der Waals surface area contributed by atoms with Crippen LogP contribution in [0, 0.1) is 12.3 Å². The van der Waals surface area contributed by atoms with E-state index >= 15 is 0 Å². The molecule has 0 aromatic heterocycles. The molecule has 0 radical (unpaired) electrons. The number of hydrogen-bond acceptors (Lipinski definition) is 4. The van der Waals surface area contributed by atoms with Gasteiger partial charge in [-0.2, -0.15) is 0 Å². The van der Waals surface area contributed by atoms with Gasteiger partial charge in [0.1, 0.15) is 0 Å². The number of unbranched alkanes of at least 4 members (excludes halogenated alkanes) is 1. The van der Waals surface area contributed by atoms with Gasteiger partial charge >= 0.3 is 11.9 Å². The number of carbonyl (C=O) groups is 2. The van der Waals surface area contributed by atoms with Gasteiger partial charge in [0, 0.05) is 0 Å². The Kier molecular flexibility index (Phi) is 6.60. The van der Waals surface area contributed by atoms with Crippen molar-refractivity contribution in [2.24, 2.45) is 5.41 Å². The van der Waals surface area contributed by atoms with Crippen LogP contribution in [0.1, 0.15) is 66.8 Å². The number of benzene rings is 1. The zero-order valence-electron chi connectivity index (χ0n) is 14.2. The van der Waals surface area contributed by atoms with Gasteiger partial charge < -0.3 is 9.47 Å². The topological polar surface area (TPSA) is 52.6 Å². The number of ether oxygens (including phenoxy) is 2. The number of esters is 2. The van der Waals surface area contributed by atoms with Gasteiger partial charge in [-0.25, -0.2) is 9.59 Å². The highest BCUT2D eigenvalue weighted by Gasteiger charge is 2.21. The van der Waals surface area contributed by atoms with E-state index in [4.69, 9.17) is 9.47 Å². The summed E-state index contributed by atoms with van der Waals surface area (Å²) >= 11 is 0. The molecule has 122 valence electrons. The van der Waals surface area contributed by atoms with Crippen molar-refractivity contribution in [2.45, 2.75) is 47.5 Å². The van der Waals surface area contributed by atoms with Crippen molar-refractivity contribution in [2.75, 3.05) is 13.2 Å². The first-order chi connectivity index (χ1) is 10.2. The molecule has 0 spiro atoms. The quantitative estimate of drug-likeness (QED) is 0.585. The predicted molar refractivity (Wildman–Crippen MR) is 86.1 cm³/mol. The standard InChI is InChI=1S/C18H26O4/c1-6-7-10-21-16(19)14-9-8-13(2)11-15(14)17(20)22-12-18(3,4)5/h8-9,11H,6-7,10,12H2,1-5H3. The smallest absolute Gasteiger partial charge is 0.339 e. The van der Waals surface area contributed by atoms with Gasteiger partial charge in [0.15, 0.2) is 0 Å². The molecule has 0 saturated heterocycles. The number of rotatable bonds is 6. The van der Waals surface area contributed by atoms with E-state index < -0.39 is 11.9 Å². The molecular formula is C18H26O4. The molecule has 1 rings (SSSR count). The third-order valence-electron chi connectivity index (χ3n) is 2.98. The summed E-state index contributed by atoms with van der Waals surface area (Å²) in [7, 11) is 0. The molecule has 0 aliphatic heterocycles. The van der Waals surface area contributed by atoms with E-state index in [0.29, 0.717) is 13.2 Å². The fourth-order valence-electron chi connectivity index (χ4n) is 1.75. The average Bonchev–Trinajstić information content (AvgIpc) is 2.44. The van der Waals surface area contributed by atoms with Crippen molar-refractivity contribution in [3.05, 3.63) is 34.9 Å². The lowest BCUT2D eigenvalue weighted by Gasteiger charge is -2.18. The van der Waals surface area contributed by atoms with Gasteiger partial charge in [-0.05, 0) is 30.9 Å². The molecule has 0 heterocycles. The minimum absolute atomic E-state index is 0.124. The minimum Gasteiger partial charge on any atom is -0.462 e. The molecule has 0 fully saturated rings. The minimum atomic E-state index is -0.485. The summed E-state index contributed by atoms with van der Waals surface area (Å²) in [5.74, 6) is -0.961. The van der Waals surface area contributed by atoms with Crippen LogP contribution in [0.15, 0.2) is 18.2 Å². The molecule has 0 saturated carbocycles. The molecule has 0 N–H and O–H groups in total. The van der Waals surface area contributed by atoms with Gasteiger partial charge in [0.25, 0.3) is 0 Å². The normalized spacial score (nSPS) is 11.1. The first kappa shape index (κ1) is 18.2. The van der Waals surface area contributed by atoms with Crippen LogP contribution in [-0.2, 0) is 9.47 Å². The summed E-state index contributed by atoms with van der Waals surface area (Å²) in [6, 6.07) is 5.08. The van der Waals surface area contributed by atoms with Gasteiger partial charge in [0.05, 0.1) is 24.3 Å². The summed E-state index contributed by atoms with van der Waals surface area (Å²) in [5, 5.41) is 0. The number of carbonyl (C=O) groups excluding carboxylic acids is 2. The fraction of sp³-hybridized carbons (Fsp3) is 0.556. The Morgan fingerprint density at radius 1 is 1.05 bits per heavy atom. The van der Waals surface area contributed by atoms with Crippen molar-refractivity contribution < 1.29 is 19.1 Å². The molecule has 0 unspecified atom stereocenters. The van der Waals surface area contributed by atoms with Crippen LogP contribution in [0.3, 0.4) is 0 Å². The van der Waals surface area contributed by atoms with E-state index in [1.807, 2.05) is 34.6 Å². The Morgan fingerprint density at radius 3 is 2.27 bits per heavy atom. The first-order valence-electron chi connectivity index (χ1n) is 7.69. The lowest BCUT2D eigenvalue weighted by Crippen LogP contribution is -2.20. The second-order valence-electron chi connectivity index (χ2n) is 6.68. The Labute approximate surface area is 132 Å². The second kappa shape index (κ2) is 7.97. The third-order valence-corrected chi connectivity index (χ3v) is 2.98. The summed E-state index contributed by atoms with van der Waals surface area (Å²) in [4.78, 5) is 24.4. The zero-order chi connectivity index (χ0) is 16.8. The van der Waals surface area contributed by atoms with E-state index in [2.05, 4.69) is 0 Å². The molecule has 0 aliphatic rings. The predicted octanol–water partition coefficient (Wildman–Crippen LogP) is 4.15. The number of aryl methyl sites for hydroxylation is 1. The van der Waals surface area contributed by atoms with E-state index in [-0.39, 0.29) is 16.5 Å². The van der Waals surface area contributed by atoms with Crippen LogP contribution in [0.2, 0.25) is 0 Å². The van der Waals surface area contributed by atoms with Gasteiger partial charge in [-0.1, -0.05) is 45.7 Å². The molecule has 0 atom stereocenters. The van der Waals surface area contributed by atoms with Crippen molar-refractivity contribution in [3.63, 3.8) is 0 Å². The molecule has 0 amide bonds. The number of hydrogen-bond donors (Lipinski definition) is 0. The average molecular weight is 306 g/mol. The van der Waals surface area contributed by atoms with Gasteiger partial charge in [-0.15, -0.1) is 0 Å². The largest absolute Gasteiger partial charge is 0.462 e. The summed E-state index contributed by atoms with van der Waals surface area (Å²) in [6.07, 6.45) is 1.75. The molecule has 4 heteroatoms. The summed E-state index contributed by atoms with van der Waals surface area (Å²) < 4.78 is 10.5. The van der Waals surface area contributed by atoms with Crippen molar-refractivity contribution in [1.29, 1.82) is 0 Å². The fourth-order valence-corrected chi connectivity index (χ4v) is 1.75. The highest BCUT2D eigenvalue weighted by molar-refractivity contribution is 6.03. The molecule has 0 bridgehead atoms. The van der Waals surface area contributed by atoms with Crippen molar-refractivity contribution in [1.82, 2.24) is 0 Å². The summed E-state index contributed by atoms with van der Waals surface area (Å²) in [5.41, 5.74) is 1.31. The lowest BCUT2D eigenvalue weighted by atomic mass is 9.98. The molecule has 0 aliphatic carbocycles. The Morgan fingerprint density at radius 2 is 1.68 bits per heavy atom. The van der Waals surface area contributed by atoms with Crippen LogP contribution >= 0.6 is 0 Å². The molecule has 1 aromatic rings. The highest BCUT2D eigenvalue weighted by atomic mass is 16.5. The Hall–Kier alpha value is -1.84. The van der Waals surface area contributed by atoms with E-state index in [9.17, 15) is 9.59 Å². The molecule has 22 heavy (non-hydrogen) atoms. The SMILES string of the molecule is CCCCOC(=O)c1ccc(C)cc1C(=O)OCC(C)(C)C. The Balaban J connectivity index is 2.90. The molecule has 1 aromatic carbocycles. The van der Waals surface area contributed by atoms with Crippen LogP contribution < -0.4 is 0 Å². The van der Waals surface area contributed by atoms with Crippen molar-refractivity contribution >= 4 is 11.9 Å². The third kappa shape index (κ3) is 5.88. The molecular weight excluding hydrogens is 280 g/mol. The molecule has 4 nitrogen and oxygen atoms in total. The zero-order valence-corrected chi connectivity index (χ0v) is 14.2. The highest BCUT2D eigenvalue weighted by Crippen LogP contribution is 2.18. The first-order valence-corrected chi connectivity index (χ1v) is 7.69. The van der Waals surface area contributed by atoms with Crippen LogP contribution in [-0.4, -0.2) is 25.2 Å². The van der Waals surface area contributed by atoms with Gasteiger partial charge in [0.2, 0.25) is 0 Å². The van der Waals surface area contributed by atoms with E-state index in [0.717, 1.165) is 18.4 Å². The van der Waals surface area contributed by atoms with Crippen LogP contribution in [0.5, 0.6) is 0 Å². The van der Waals surface area contributed by atoms with Crippen molar-refractivity contribution in [3.8, 4) is 0 Å². The maximum atomic E-state index is 12.3.